The van der Waals surface area contributed by atoms with Gasteiger partial charge in [0.1, 0.15) is 0 Å². The lowest BCUT2D eigenvalue weighted by Gasteiger charge is -2.23. The average molecular weight is 333 g/mol. The van der Waals surface area contributed by atoms with Crippen molar-refractivity contribution in [2.24, 2.45) is 0 Å². The molecule has 0 saturated heterocycles. The number of likely N-dealkylation sites (N-methyl/N-ethyl adjacent to an activating group) is 1. The highest BCUT2D eigenvalue weighted by atomic mass is 32.1. The van der Waals surface area contributed by atoms with Gasteiger partial charge < -0.3 is 4.90 Å². The van der Waals surface area contributed by atoms with E-state index < -0.39 is 0 Å². The van der Waals surface area contributed by atoms with Gasteiger partial charge in [0, 0.05) is 47.7 Å². The van der Waals surface area contributed by atoms with E-state index in [1.54, 1.807) is 0 Å². The normalized spacial score (nSPS) is 11.6. The summed E-state index contributed by atoms with van der Waals surface area (Å²) in [6.07, 6.45) is 4.04. The van der Waals surface area contributed by atoms with Crippen LogP contribution in [0.25, 0.3) is 0 Å². The van der Waals surface area contributed by atoms with Crippen LogP contribution in [0.2, 0.25) is 0 Å². The fourth-order valence-corrected chi connectivity index (χ4v) is 3.46. The van der Waals surface area contributed by atoms with E-state index in [4.69, 9.17) is 0 Å². The second-order valence-corrected chi connectivity index (χ2v) is 7.65. The number of allylic oxidation sites excluding steroid dienone is 1. The molecule has 0 fully saturated rings. The first kappa shape index (κ1) is 17.9. The number of aryl methyl sites for hydroxylation is 2. The molecule has 0 unspecified atom stereocenters. The average Bonchev–Trinajstić information content (AvgIpc) is 3.03. The molecule has 0 N–H and O–H groups in total. The topological polar surface area (TPSA) is 24.3 Å². The summed E-state index contributed by atoms with van der Waals surface area (Å²) in [7, 11) is 4.25. The van der Waals surface area contributed by atoms with E-state index in [9.17, 15) is 0 Å². The number of rotatable bonds is 9. The molecule has 0 aliphatic rings. The van der Waals surface area contributed by atoms with Crippen molar-refractivity contribution >= 4 is 11.3 Å². The molecule has 0 spiro atoms. The maximum Gasteiger partial charge on any atom is 0.0638 e. The van der Waals surface area contributed by atoms with E-state index in [0.717, 1.165) is 38.4 Å². The Labute approximate surface area is 144 Å². The van der Waals surface area contributed by atoms with Crippen LogP contribution in [-0.2, 0) is 19.6 Å². The summed E-state index contributed by atoms with van der Waals surface area (Å²) in [5.74, 6) is 0. The molecule has 23 heavy (non-hydrogen) atoms. The van der Waals surface area contributed by atoms with Crippen LogP contribution in [0.3, 0.4) is 0 Å². The minimum absolute atomic E-state index is 0.767. The SMILES string of the molecule is C=CCn1cc(CN(CCN(C)C)Cc2ccc(C)s2)c(C)n1. The third-order valence-corrected chi connectivity index (χ3v) is 4.78. The maximum absolute atomic E-state index is 4.57. The number of thiophene rings is 1. The van der Waals surface area contributed by atoms with Crippen LogP contribution in [0.4, 0.5) is 0 Å². The molecular formula is C18H28N4S. The molecule has 2 rings (SSSR count). The Morgan fingerprint density at radius 1 is 1.22 bits per heavy atom. The van der Waals surface area contributed by atoms with E-state index in [1.807, 2.05) is 22.1 Å². The molecule has 0 saturated carbocycles. The van der Waals surface area contributed by atoms with Crippen LogP contribution >= 0.6 is 11.3 Å². The number of aromatic nitrogens is 2. The zero-order chi connectivity index (χ0) is 16.8. The highest BCUT2D eigenvalue weighted by molar-refractivity contribution is 7.11. The van der Waals surface area contributed by atoms with Crippen LogP contribution in [0, 0.1) is 13.8 Å². The summed E-state index contributed by atoms with van der Waals surface area (Å²) in [5, 5.41) is 4.57. The van der Waals surface area contributed by atoms with Crippen molar-refractivity contribution in [3.8, 4) is 0 Å². The molecule has 0 radical (unpaired) electrons. The van der Waals surface area contributed by atoms with E-state index in [0.29, 0.717) is 0 Å². The molecule has 5 heteroatoms. The molecule has 2 heterocycles. The second kappa shape index (κ2) is 8.43. The van der Waals surface area contributed by atoms with Gasteiger partial charge in [0.25, 0.3) is 0 Å². The first-order valence-corrected chi connectivity index (χ1v) is 8.86. The van der Waals surface area contributed by atoms with Crippen molar-refractivity contribution in [3.05, 3.63) is 52.0 Å². The quantitative estimate of drug-likeness (QED) is 0.659. The largest absolute Gasteiger partial charge is 0.308 e. The highest BCUT2D eigenvalue weighted by Crippen LogP contribution is 2.19. The summed E-state index contributed by atoms with van der Waals surface area (Å²) in [5.41, 5.74) is 2.42. The molecule has 4 nitrogen and oxygen atoms in total. The molecule has 0 aliphatic heterocycles. The first-order valence-electron chi connectivity index (χ1n) is 8.04. The fourth-order valence-electron chi connectivity index (χ4n) is 2.53. The van der Waals surface area contributed by atoms with Crippen molar-refractivity contribution in [1.29, 1.82) is 0 Å². The van der Waals surface area contributed by atoms with Gasteiger partial charge in [0.05, 0.1) is 12.2 Å². The van der Waals surface area contributed by atoms with Crippen molar-refractivity contribution < 1.29 is 0 Å². The van der Waals surface area contributed by atoms with Gasteiger partial charge in [-0.25, -0.2) is 0 Å². The third kappa shape index (κ3) is 5.61. The molecule has 2 aromatic heterocycles. The summed E-state index contributed by atoms with van der Waals surface area (Å²) in [6, 6.07) is 4.45. The fraction of sp³-hybridized carbons (Fsp3) is 0.500. The lowest BCUT2D eigenvalue weighted by molar-refractivity contribution is 0.227. The number of hydrogen-bond donors (Lipinski definition) is 0. The Hall–Kier alpha value is -1.43. The zero-order valence-electron chi connectivity index (χ0n) is 14.7. The minimum atomic E-state index is 0.767. The van der Waals surface area contributed by atoms with Crippen LogP contribution in [0.1, 0.15) is 21.0 Å². The Morgan fingerprint density at radius 2 is 2.00 bits per heavy atom. The Bertz CT molecular complexity index is 627. The molecule has 0 amide bonds. The van der Waals surface area contributed by atoms with Crippen molar-refractivity contribution in [2.45, 2.75) is 33.5 Å². The van der Waals surface area contributed by atoms with E-state index in [2.05, 4.69) is 67.7 Å². The Morgan fingerprint density at radius 3 is 2.61 bits per heavy atom. The standard InChI is InChI=1S/C18H28N4S/c1-6-9-22-13-17(16(3)19-22)12-21(11-10-20(4)5)14-18-8-7-15(2)23-18/h6-8,13H,1,9-12,14H2,2-5H3. The van der Waals surface area contributed by atoms with Crippen LogP contribution in [-0.4, -0.2) is 46.8 Å². The van der Waals surface area contributed by atoms with Crippen LogP contribution in [0.15, 0.2) is 31.0 Å². The van der Waals surface area contributed by atoms with Gasteiger partial charge in [0.2, 0.25) is 0 Å². The minimum Gasteiger partial charge on any atom is -0.308 e. The van der Waals surface area contributed by atoms with Gasteiger partial charge in [-0.2, -0.15) is 5.10 Å². The Balaban J connectivity index is 2.08. The summed E-state index contributed by atoms with van der Waals surface area (Å²) >= 11 is 1.89. The van der Waals surface area contributed by atoms with Gasteiger partial charge in [-0.05, 0) is 40.1 Å². The molecule has 0 aliphatic carbocycles. The van der Waals surface area contributed by atoms with Crippen molar-refractivity contribution in [2.75, 3.05) is 27.2 Å². The van der Waals surface area contributed by atoms with Crippen molar-refractivity contribution in [3.63, 3.8) is 0 Å². The summed E-state index contributed by atoms with van der Waals surface area (Å²) in [6.45, 7) is 12.9. The molecule has 0 bridgehead atoms. The highest BCUT2D eigenvalue weighted by Gasteiger charge is 2.12. The van der Waals surface area contributed by atoms with Crippen LogP contribution in [0.5, 0.6) is 0 Å². The summed E-state index contributed by atoms with van der Waals surface area (Å²) < 4.78 is 1.97. The molecule has 0 atom stereocenters. The van der Waals surface area contributed by atoms with E-state index >= 15 is 0 Å². The van der Waals surface area contributed by atoms with Gasteiger partial charge >= 0.3 is 0 Å². The summed E-state index contributed by atoms with van der Waals surface area (Å²) in [4.78, 5) is 7.55. The third-order valence-electron chi connectivity index (χ3n) is 3.80. The van der Waals surface area contributed by atoms with E-state index in [1.165, 1.54) is 15.3 Å². The lowest BCUT2D eigenvalue weighted by Crippen LogP contribution is -2.31. The number of nitrogens with zero attached hydrogens (tertiary/aromatic N) is 4. The Kier molecular flexibility index (Phi) is 6.57. The first-order chi connectivity index (χ1) is 11.0. The molecule has 126 valence electrons. The predicted molar refractivity (Wildman–Crippen MR) is 98.9 cm³/mol. The maximum atomic E-state index is 4.57. The monoisotopic (exact) mass is 332 g/mol. The molecule has 2 aromatic rings. The van der Waals surface area contributed by atoms with Crippen molar-refractivity contribution in [1.82, 2.24) is 19.6 Å². The smallest absolute Gasteiger partial charge is 0.0638 e. The van der Waals surface area contributed by atoms with Gasteiger partial charge in [-0.3, -0.25) is 9.58 Å². The van der Waals surface area contributed by atoms with E-state index in [-0.39, 0.29) is 0 Å². The zero-order valence-corrected chi connectivity index (χ0v) is 15.6. The molecule has 0 aromatic carbocycles. The predicted octanol–water partition coefficient (Wildman–Crippen LogP) is 3.31. The second-order valence-electron chi connectivity index (χ2n) is 6.28. The van der Waals surface area contributed by atoms with Crippen LogP contribution < -0.4 is 0 Å². The van der Waals surface area contributed by atoms with Gasteiger partial charge in [-0.1, -0.05) is 6.08 Å². The lowest BCUT2D eigenvalue weighted by atomic mass is 10.2. The van der Waals surface area contributed by atoms with Gasteiger partial charge in [-0.15, -0.1) is 17.9 Å². The van der Waals surface area contributed by atoms with Gasteiger partial charge in [0.15, 0.2) is 0 Å². The molecular weight excluding hydrogens is 304 g/mol. The number of hydrogen-bond acceptors (Lipinski definition) is 4.